The smallest absolute Gasteiger partial charge is 0.243 e. The quantitative estimate of drug-likeness (QED) is 0.811. The molecule has 1 unspecified atom stereocenters. The molecule has 4 nitrogen and oxygen atoms in total. The van der Waals surface area contributed by atoms with Gasteiger partial charge in [-0.05, 0) is 18.7 Å². The van der Waals surface area contributed by atoms with Crippen molar-refractivity contribution in [1.29, 1.82) is 0 Å². The third kappa shape index (κ3) is 3.83. The molecule has 1 rings (SSSR count). The Bertz CT molecular complexity index is 284. The second kappa shape index (κ2) is 6.12. The van der Waals surface area contributed by atoms with E-state index in [4.69, 9.17) is 4.52 Å². The molecule has 1 atom stereocenters. The molecule has 0 aliphatic carbocycles. The van der Waals surface area contributed by atoms with Gasteiger partial charge in [0.15, 0.2) is 5.82 Å². The number of aromatic nitrogens is 2. The summed E-state index contributed by atoms with van der Waals surface area (Å²) in [6.07, 6.45) is 0.954. The Morgan fingerprint density at radius 2 is 2.20 bits per heavy atom. The van der Waals surface area contributed by atoms with Crippen molar-refractivity contribution in [1.82, 2.24) is 15.5 Å². The van der Waals surface area contributed by atoms with E-state index in [1.807, 2.05) is 18.8 Å². The van der Waals surface area contributed by atoms with Crippen molar-refractivity contribution in [3.63, 3.8) is 0 Å². The number of hydrogen-bond donors (Lipinski definition) is 1. The highest BCUT2D eigenvalue weighted by molar-refractivity contribution is 7.99. The van der Waals surface area contributed by atoms with Gasteiger partial charge >= 0.3 is 0 Å². The lowest BCUT2D eigenvalue weighted by Gasteiger charge is -2.06. The van der Waals surface area contributed by atoms with Gasteiger partial charge in [0, 0.05) is 0 Å². The average Bonchev–Trinajstić information content (AvgIpc) is 2.65. The zero-order valence-corrected chi connectivity index (χ0v) is 10.6. The number of nitrogens with one attached hydrogen (secondary N) is 1. The molecule has 0 aliphatic heterocycles. The van der Waals surface area contributed by atoms with Crippen LogP contribution < -0.4 is 5.32 Å². The van der Waals surface area contributed by atoms with Gasteiger partial charge < -0.3 is 9.84 Å². The monoisotopic (exact) mass is 229 g/mol. The fourth-order valence-corrected chi connectivity index (χ4v) is 1.81. The van der Waals surface area contributed by atoms with Crippen molar-refractivity contribution in [2.75, 3.05) is 7.05 Å². The van der Waals surface area contributed by atoms with Crippen LogP contribution in [0.15, 0.2) is 4.52 Å². The minimum Gasteiger partial charge on any atom is -0.338 e. The van der Waals surface area contributed by atoms with Crippen LogP contribution in [0.4, 0.5) is 0 Å². The number of thioether (sulfide) groups is 1. The summed E-state index contributed by atoms with van der Waals surface area (Å²) in [5.74, 6) is 2.30. The van der Waals surface area contributed by atoms with Crippen LogP contribution >= 0.6 is 11.8 Å². The molecule has 0 amide bonds. The van der Waals surface area contributed by atoms with E-state index in [-0.39, 0.29) is 6.04 Å². The zero-order chi connectivity index (χ0) is 11.3. The van der Waals surface area contributed by atoms with Gasteiger partial charge in [-0.1, -0.05) is 25.9 Å². The lowest BCUT2D eigenvalue weighted by atomic mass is 10.2. The summed E-state index contributed by atoms with van der Waals surface area (Å²) in [5.41, 5.74) is 0. The Morgan fingerprint density at radius 1 is 1.47 bits per heavy atom. The van der Waals surface area contributed by atoms with E-state index in [0.717, 1.165) is 18.0 Å². The maximum Gasteiger partial charge on any atom is 0.243 e. The van der Waals surface area contributed by atoms with Gasteiger partial charge in [0.1, 0.15) is 0 Å². The number of nitrogens with zero attached hydrogens (tertiary/aromatic N) is 2. The van der Waals surface area contributed by atoms with Crippen molar-refractivity contribution in [2.45, 2.75) is 44.2 Å². The summed E-state index contributed by atoms with van der Waals surface area (Å²) >= 11 is 1.82. The predicted octanol–water partition coefficient (Wildman–Crippen LogP) is 2.38. The fourth-order valence-electron chi connectivity index (χ4n) is 1.21. The van der Waals surface area contributed by atoms with E-state index in [1.165, 1.54) is 0 Å². The summed E-state index contributed by atoms with van der Waals surface area (Å²) < 4.78 is 5.20. The molecule has 86 valence electrons. The molecule has 0 bridgehead atoms. The molecule has 5 heteroatoms. The summed E-state index contributed by atoms with van der Waals surface area (Å²) in [4.78, 5) is 4.36. The first-order valence-corrected chi connectivity index (χ1v) is 6.33. The predicted molar refractivity (Wildman–Crippen MR) is 62.8 cm³/mol. The van der Waals surface area contributed by atoms with Crippen LogP contribution in [0.25, 0.3) is 0 Å². The highest BCUT2D eigenvalue weighted by atomic mass is 32.2. The maximum atomic E-state index is 5.20. The lowest BCUT2D eigenvalue weighted by molar-refractivity contribution is 0.332. The van der Waals surface area contributed by atoms with E-state index in [0.29, 0.717) is 11.1 Å². The minimum atomic E-state index is 0.176. The van der Waals surface area contributed by atoms with Crippen LogP contribution in [-0.4, -0.2) is 22.4 Å². The Hall–Kier alpha value is -0.550. The third-order valence-electron chi connectivity index (χ3n) is 2.08. The van der Waals surface area contributed by atoms with Crippen LogP contribution in [0.2, 0.25) is 0 Å². The largest absolute Gasteiger partial charge is 0.338 e. The topological polar surface area (TPSA) is 51.0 Å². The van der Waals surface area contributed by atoms with Gasteiger partial charge in [-0.15, -0.1) is 0 Å². The van der Waals surface area contributed by atoms with Gasteiger partial charge in [0.05, 0.1) is 11.8 Å². The van der Waals surface area contributed by atoms with Gasteiger partial charge in [-0.25, -0.2) is 0 Å². The van der Waals surface area contributed by atoms with E-state index < -0.39 is 0 Å². The molecule has 1 aromatic heterocycles. The summed E-state index contributed by atoms with van der Waals surface area (Å²) in [7, 11) is 1.90. The van der Waals surface area contributed by atoms with Crippen molar-refractivity contribution in [3.8, 4) is 0 Å². The third-order valence-corrected chi connectivity index (χ3v) is 3.18. The molecule has 0 aromatic carbocycles. The zero-order valence-electron chi connectivity index (χ0n) is 9.78. The first kappa shape index (κ1) is 12.5. The Balaban J connectivity index is 2.55. The van der Waals surface area contributed by atoms with Crippen molar-refractivity contribution in [3.05, 3.63) is 11.7 Å². The molecule has 1 heterocycles. The molecular formula is C10H19N3OS. The lowest BCUT2D eigenvalue weighted by Crippen LogP contribution is -2.15. The molecule has 0 aliphatic rings. The van der Waals surface area contributed by atoms with Crippen LogP contribution in [0.3, 0.4) is 0 Å². The molecule has 0 spiro atoms. The van der Waals surface area contributed by atoms with Gasteiger partial charge in [-0.3, -0.25) is 0 Å². The Kier molecular flexibility index (Phi) is 5.11. The standard InChI is InChI=1S/C10H19N3OS/c1-5-8(11-4)10-12-9(13-14-10)6-15-7(2)3/h7-8,11H,5-6H2,1-4H3. The van der Waals surface area contributed by atoms with Crippen molar-refractivity contribution >= 4 is 11.8 Å². The molecule has 1 aromatic rings. The normalized spacial score (nSPS) is 13.4. The number of hydrogen-bond acceptors (Lipinski definition) is 5. The second-order valence-electron chi connectivity index (χ2n) is 3.66. The highest BCUT2D eigenvalue weighted by Gasteiger charge is 2.15. The second-order valence-corrected chi connectivity index (χ2v) is 5.22. The highest BCUT2D eigenvalue weighted by Crippen LogP contribution is 2.18. The minimum absolute atomic E-state index is 0.176. The van der Waals surface area contributed by atoms with Crippen molar-refractivity contribution < 1.29 is 4.52 Å². The number of rotatable bonds is 6. The molecule has 0 fully saturated rings. The fraction of sp³-hybridized carbons (Fsp3) is 0.800. The first-order chi connectivity index (χ1) is 7.17. The maximum absolute atomic E-state index is 5.20. The van der Waals surface area contributed by atoms with E-state index in [9.17, 15) is 0 Å². The summed E-state index contributed by atoms with van der Waals surface area (Å²) in [6.45, 7) is 6.41. The van der Waals surface area contributed by atoms with Crippen molar-refractivity contribution in [2.24, 2.45) is 0 Å². The molecular weight excluding hydrogens is 210 g/mol. The van der Waals surface area contributed by atoms with Crippen LogP contribution in [0.1, 0.15) is 44.9 Å². The van der Waals surface area contributed by atoms with Gasteiger partial charge in [0.2, 0.25) is 5.89 Å². The summed E-state index contributed by atoms with van der Waals surface area (Å²) in [5, 5.41) is 7.70. The molecule has 0 saturated heterocycles. The van der Waals surface area contributed by atoms with E-state index in [1.54, 1.807) is 0 Å². The van der Waals surface area contributed by atoms with Gasteiger partial charge in [0.25, 0.3) is 0 Å². The van der Waals surface area contributed by atoms with Crippen LogP contribution in [0, 0.1) is 0 Å². The molecule has 15 heavy (non-hydrogen) atoms. The SMILES string of the molecule is CCC(NC)c1nc(CSC(C)C)no1. The van der Waals surface area contributed by atoms with Crippen LogP contribution in [0.5, 0.6) is 0 Å². The van der Waals surface area contributed by atoms with Gasteiger partial charge in [-0.2, -0.15) is 16.7 Å². The average molecular weight is 229 g/mol. The van der Waals surface area contributed by atoms with E-state index in [2.05, 4.69) is 36.2 Å². The Morgan fingerprint density at radius 3 is 2.73 bits per heavy atom. The molecule has 0 radical (unpaired) electrons. The molecule has 1 N–H and O–H groups in total. The van der Waals surface area contributed by atoms with E-state index >= 15 is 0 Å². The molecule has 0 saturated carbocycles. The summed E-state index contributed by atoms with van der Waals surface area (Å²) in [6, 6.07) is 0.176. The van der Waals surface area contributed by atoms with Crippen LogP contribution in [-0.2, 0) is 5.75 Å². The first-order valence-electron chi connectivity index (χ1n) is 5.28. The Labute approximate surface area is 95.2 Å².